The summed E-state index contributed by atoms with van der Waals surface area (Å²) in [7, 11) is 0. The summed E-state index contributed by atoms with van der Waals surface area (Å²) < 4.78 is 0. The van der Waals surface area contributed by atoms with Gasteiger partial charge in [-0.25, -0.2) is 0 Å². The van der Waals surface area contributed by atoms with E-state index in [1.54, 1.807) is 0 Å². The maximum atomic E-state index is 11.2. The van der Waals surface area contributed by atoms with E-state index in [0.717, 1.165) is 38.8 Å². The molecule has 27 heavy (non-hydrogen) atoms. The fourth-order valence-electron chi connectivity index (χ4n) is 3.66. The van der Waals surface area contributed by atoms with Crippen molar-refractivity contribution in [2.24, 2.45) is 5.92 Å². The molecule has 1 atom stereocenters. The Balaban J connectivity index is 0.00000261. The number of rotatable bonds is 7. The van der Waals surface area contributed by atoms with Crippen LogP contribution in [0.4, 0.5) is 0 Å². The van der Waals surface area contributed by atoms with Gasteiger partial charge in [0.2, 0.25) is 0 Å². The molecule has 1 saturated heterocycles. The molecule has 0 amide bonds. The lowest BCUT2D eigenvalue weighted by Crippen LogP contribution is -2.39. The van der Waals surface area contributed by atoms with E-state index >= 15 is 0 Å². The van der Waals surface area contributed by atoms with E-state index in [2.05, 4.69) is 59.5 Å². The fraction of sp³-hybridized carbons (Fsp3) is 0.348. The standard InChI is InChI=1S/C23H27NO2.ClH/c25-23(26)21-14-9-17-24(18-21)16-8-7-15-22(19-10-3-1-4-11-19)20-12-5-2-6-13-20;/h1-6,10-13,15,21H,7-9,14,16-18H2,(H,25,26);1H/t21-;/m1./s1. The quantitative estimate of drug-likeness (QED) is 0.672. The summed E-state index contributed by atoms with van der Waals surface area (Å²) in [6.45, 7) is 2.69. The van der Waals surface area contributed by atoms with Gasteiger partial charge in [-0.05, 0) is 55.5 Å². The Labute approximate surface area is 168 Å². The number of carbonyl (C=O) groups is 1. The first kappa shape index (κ1) is 21.2. The van der Waals surface area contributed by atoms with Gasteiger partial charge in [0.25, 0.3) is 0 Å². The molecule has 0 aliphatic carbocycles. The van der Waals surface area contributed by atoms with E-state index in [9.17, 15) is 9.90 Å². The number of carboxylic acid groups (broad SMARTS) is 1. The highest BCUT2D eigenvalue weighted by Crippen LogP contribution is 2.24. The number of aliphatic carboxylic acids is 1. The summed E-state index contributed by atoms with van der Waals surface area (Å²) in [6.07, 6.45) is 6.18. The van der Waals surface area contributed by atoms with E-state index in [0.29, 0.717) is 6.54 Å². The molecule has 0 radical (unpaired) electrons. The van der Waals surface area contributed by atoms with Gasteiger partial charge in [-0.1, -0.05) is 66.7 Å². The highest BCUT2D eigenvalue weighted by Gasteiger charge is 2.24. The van der Waals surface area contributed by atoms with Crippen molar-refractivity contribution in [3.8, 4) is 0 Å². The molecule has 0 bridgehead atoms. The molecule has 1 fully saturated rings. The zero-order valence-electron chi connectivity index (χ0n) is 15.6. The highest BCUT2D eigenvalue weighted by atomic mass is 35.5. The molecule has 4 heteroatoms. The van der Waals surface area contributed by atoms with Gasteiger partial charge in [0.1, 0.15) is 0 Å². The zero-order chi connectivity index (χ0) is 18.2. The zero-order valence-corrected chi connectivity index (χ0v) is 16.4. The van der Waals surface area contributed by atoms with Crippen molar-refractivity contribution >= 4 is 23.9 Å². The molecule has 1 heterocycles. The van der Waals surface area contributed by atoms with Crippen molar-refractivity contribution in [1.82, 2.24) is 4.90 Å². The van der Waals surface area contributed by atoms with Gasteiger partial charge < -0.3 is 10.0 Å². The molecular weight excluding hydrogens is 358 g/mol. The number of allylic oxidation sites excluding steroid dienone is 1. The van der Waals surface area contributed by atoms with E-state index in [1.165, 1.54) is 16.7 Å². The van der Waals surface area contributed by atoms with Crippen LogP contribution in [0.25, 0.3) is 5.57 Å². The number of nitrogens with zero attached hydrogens (tertiary/aromatic N) is 1. The summed E-state index contributed by atoms with van der Waals surface area (Å²) in [5, 5.41) is 9.22. The van der Waals surface area contributed by atoms with E-state index in [-0.39, 0.29) is 18.3 Å². The molecule has 0 saturated carbocycles. The molecule has 3 nitrogen and oxygen atoms in total. The van der Waals surface area contributed by atoms with Gasteiger partial charge in [-0.15, -0.1) is 12.4 Å². The molecule has 0 unspecified atom stereocenters. The van der Waals surface area contributed by atoms with Crippen LogP contribution in [0.2, 0.25) is 0 Å². The number of hydrogen-bond acceptors (Lipinski definition) is 2. The van der Waals surface area contributed by atoms with Gasteiger partial charge in [-0.2, -0.15) is 0 Å². The average molecular weight is 386 g/mol. The minimum atomic E-state index is -0.648. The van der Waals surface area contributed by atoms with Crippen molar-refractivity contribution in [2.45, 2.75) is 25.7 Å². The first-order valence-electron chi connectivity index (χ1n) is 9.50. The molecule has 144 valence electrons. The third-order valence-corrected chi connectivity index (χ3v) is 5.05. The van der Waals surface area contributed by atoms with Crippen molar-refractivity contribution in [1.29, 1.82) is 0 Å². The number of benzene rings is 2. The summed E-state index contributed by atoms with van der Waals surface area (Å²) in [5.74, 6) is -0.839. The topological polar surface area (TPSA) is 40.5 Å². The third kappa shape index (κ3) is 6.23. The third-order valence-electron chi connectivity index (χ3n) is 5.05. The van der Waals surface area contributed by atoms with E-state index in [1.807, 2.05) is 12.1 Å². The van der Waals surface area contributed by atoms with E-state index < -0.39 is 5.97 Å². The Morgan fingerprint density at radius 1 is 1.04 bits per heavy atom. The lowest BCUT2D eigenvalue weighted by Gasteiger charge is -2.30. The van der Waals surface area contributed by atoms with Gasteiger partial charge >= 0.3 is 5.97 Å². The average Bonchev–Trinajstić information content (AvgIpc) is 2.69. The number of hydrogen-bond donors (Lipinski definition) is 1. The summed E-state index contributed by atoms with van der Waals surface area (Å²) in [5.41, 5.74) is 3.75. The van der Waals surface area contributed by atoms with Crippen LogP contribution in [-0.2, 0) is 4.79 Å². The highest BCUT2D eigenvalue weighted by molar-refractivity contribution is 5.85. The van der Waals surface area contributed by atoms with E-state index in [4.69, 9.17) is 0 Å². The Kier molecular flexibility index (Phi) is 8.56. The minimum Gasteiger partial charge on any atom is -0.481 e. The fourth-order valence-corrected chi connectivity index (χ4v) is 3.66. The predicted molar refractivity (Wildman–Crippen MR) is 113 cm³/mol. The number of unbranched alkanes of at least 4 members (excludes halogenated alkanes) is 1. The van der Waals surface area contributed by atoms with Crippen LogP contribution in [-0.4, -0.2) is 35.6 Å². The number of carboxylic acids is 1. The number of likely N-dealkylation sites (tertiary alicyclic amines) is 1. The molecule has 1 N–H and O–H groups in total. The number of halogens is 1. The molecule has 3 rings (SSSR count). The van der Waals surface area contributed by atoms with Crippen molar-refractivity contribution in [2.75, 3.05) is 19.6 Å². The van der Waals surface area contributed by atoms with Crippen molar-refractivity contribution in [3.05, 3.63) is 77.9 Å². The van der Waals surface area contributed by atoms with Gasteiger partial charge in [0.15, 0.2) is 0 Å². The largest absolute Gasteiger partial charge is 0.481 e. The summed E-state index contributed by atoms with van der Waals surface area (Å²) >= 11 is 0. The van der Waals surface area contributed by atoms with Gasteiger partial charge in [0, 0.05) is 6.54 Å². The normalized spacial score (nSPS) is 17.0. The Hall–Kier alpha value is -2.10. The molecular formula is C23H28ClNO2. The molecule has 1 aliphatic rings. The number of piperidine rings is 1. The second-order valence-electron chi connectivity index (χ2n) is 6.97. The van der Waals surface area contributed by atoms with Crippen LogP contribution in [0.15, 0.2) is 66.7 Å². The SMILES string of the molecule is Cl.O=C(O)[C@@H]1CCCN(CCCC=C(c2ccccc2)c2ccccc2)C1. The Bertz CT molecular complexity index is 689. The smallest absolute Gasteiger partial charge is 0.307 e. The second-order valence-corrected chi connectivity index (χ2v) is 6.97. The predicted octanol–water partition coefficient (Wildman–Crippen LogP) is 5.12. The van der Waals surface area contributed by atoms with Crippen LogP contribution in [0.3, 0.4) is 0 Å². The van der Waals surface area contributed by atoms with Crippen LogP contribution >= 0.6 is 12.4 Å². The van der Waals surface area contributed by atoms with Crippen molar-refractivity contribution in [3.63, 3.8) is 0 Å². The van der Waals surface area contributed by atoms with Crippen LogP contribution in [0.1, 0.15) is 36.8 Å². The molecule has 0 aromatic heterocycles. The molecule has 2 aromatic carbocycles. The summed E-state index contributed by atoms with van der Waals surface area (Å²) in [6, 6.07) is 21.0. The Morgan fingerprint density at radius 3 is 2.19 bits per heavy atom. The monoisotopic (exact) mass is 385 g/mol. The lowest BCUT2D eigenvalue weighted by molar-refractivity contribution is -0.143. The molecule has 1 aliphatic heterocycles. The van der Waals surface area contributed by atoms with Crippen molar-refractivity contribution < 1.29 is 9.90 Å². The second kappa shape index (κ2) is 10.9. The van der Waals surface area contributed by atoms with Crippen LogP contribution < -0.4 is 0 Å². The van der Waals surface area contributed by atoms with Gasteiger partial charge in [0.05, 0.1) is 5.92 Å². The molecule has 2 aromatic rings. The molecule has 0 spiro atoms. The van der Waals surface area contributed by atoms with Gasteiger partial charge in [-0.3, -0.25) is 4.79 Å². The maximum absolute atomic E-state index is 11.2. The first-order chi connectivity index (χ1) is 12.7. The van der Waals surface area contributed by atoms with Crippen LogP contribution in [0, 0.1) is 5.92 Å². The summed E-state index contributed by atoms with van der Waals surface area (Å²) in [4.78, 5) is 13.5. The minimum absolute atomic E-state index is 0. The first-order valence-corrected chi connectivity index (χ1v) is 9.50. The van der Waals surface area contributed by atoms with Crippen LogP contribution in [0.5, 0.6) is 0 Å². The maximum Gasteiger partial charge on any atom is 0.307 e. The Morgan fingerprint density at radius 2 is 1.63 bits per heavy atom. The lowest BCUT2D eigenvalue weighted by atomic mass is 9.96.